The zero-order chi connectivity index (χ0) is 38.0. The van der Waals surface area contributed by atoms with E-state index in [-0.39, 0.29) is 17.3 Å². The second-order valence-corrected chi connectivity index (χ2v) is 15.9. The molecule has 53 heavy (non-hydrogen) atoms. The molecular formula is C49H56ClN3. The van der Waals surface area contributed by atoms with Crippen LogP contribution in [0.15, 0.2) is 109 Å². The van der Waals surface area contributed by atoms with E-state index >= 15 is 0 Å². The average molecular weight is 722 g/mol. The molecule has 0 fully saturated rings. The van der Waals surface area contributed by atoms with E-state index in [0.29, 0.717) is 0 Å². The van der Waals surface area contributed by atoms with Crippen LogP contribution < -0.4 is 15.1 Å². The zero-order valence-corrected chi connectivity index (χ0v) is 34.1. The Morgan fingerprint density at radius 2 is 1.02 bits per heavy atom. The number of nitrogens with zero attached hydrogens (tertiary/aromatic N) is 2. The lowest BCUT2D eigenvalue weighted by Crippen LogP contribution is -2.27. The maximum absolute atomic E-state index is 6.69. The summed E-state index contributed by atoms with van der Waals surface area (Å²) >= 11 is 6.69. The van der Waals surface area contributed by atoms with Gasteiger partial charge in [0.25, 0.3) is 0 Å². The Labute approximate surface area is 323 Å². The third kappa shape index (κ3) is 7.97. The van der Waals surface area contributed by atoms with Gasteiger partial charge in [0.2, 0.25) is 0 Å². The molecule has 0 aliphatic heterocycles. The van der Waals surface area contributed by atoms with Crippen molar-refractivity contribution < 1.29 is 0 Å². The monoisotopic (exact) mass is 721 g/mol. The van der Waals surface area contributed by atoms with Crippen molar-refractivity contribution in [1.82, 2.24) is 0 Å². The number of rotatable bonds is 12. The molecule has 6 aromatic carbocycles. The molecule has 0 saturated heterocycles. The topological polar surface area (TPSA) is 18.5 Å². The minimum Gasteiger partial charge on any atom is -0.380 e. The van der Waals surface area contributed by atoms with E-state index < -0.39 is 0 Å². The number of nitrogens with one attached hydrogen (secondary N) is 1. The lowest BCUT2D eigenvalue weighted by molar-refractivity contribution is 0.629. The number of anilines is 5. The van der Waals surface area contributed by atoms with Gasteiger partial charge in [0.1, 0.15) is 0 Å². The standard InChI is InChI=1S/C49H56ClN3/c1-11-14-45(37(8)50)51-46-26-25-44(42-15-12-13-16-43(42)46)47(38-17-21-40(22-18-38)52(9)48-33(4)27-31(2)28-34(48)5)39-19-23-41(24-20-39)53(10)49-35(6)29-32(3)30-36(49)7/h12-13,15-30,37,45,47,51H,11,14H2,1-10H3. The summed E-state index contributed by atoms with van der Waals surface area (Å²) in [4.78, 5) is 4.64. The Balaban J connectivity index is 1.45. The largest absolute Gasteiger partial charge is 0.380 e. The molecule has 1 N–H and O–H groups in total. The Bertz CT molecular complexity index is 2050. The molecule has 6 aromatic rings. The fourth-order valence-electron chi connectivity index (χ4n) is 8.62. The minimum atomic E-state index is 0.0226. The Morgan fingerprint density at radius 3 is 1.43 bits per heavy atom. The zero-order valence-electron chi connectivity index (χ0n) is 33.3. The first-order chi connectivity index (χ1) is 25.4. The van der Waals surface area contributed by atoms with E-state index in [2.05, 4.69) is 194 Å². The Hall–Kier alpha value is -4.73. The highest BCUT2D eigenvalue weighted by Crippen LogP contribution is 2.41. The van der Waals surface area contributed by atoms with Crippen LogP contribution in [0.25, 0.3) is 10.8 Å². The van der Waals surface area contributed by atoms with Gasteiger partial charge in [0.15, 0.2) is 0 Å². The first-order valence-electron chi connectivity index (χ1n) is 19.1. The maximum atomic E-state index is 6.69. The molecule has 4 heteroatoms. The molecule has 6 rings (SSSR count). The summed E-state index contributed by atoms with van der Waals surface area (Å²) in [5.41, 5.74) is 17.6. The minimum absolute atomic E-state index is 0.0226. The smallest absolute Gasteiger partial charge is 0.0509 e. The van der Waals surface area contributed by atoms with Crippen LogP contribution in [-0.4, -0.2) is 25.5 Å². The average Bonchev–Trinajstić information content (AvgIpc) is 3.12. The fraction of sp³-hybridized carbons (Fsp3) is 0.306. The van der Waals surface area contributed by atoms with Gasteiger partial charge in [-0.25, -0.2) is 0 Å². The van der Waals surface area contributed by atoms with E-state index in [1.807, 2.05) is 0 Å². The van der Waals surface area contributed by atoms with E-state index in [1.54, 1.807) is 0 Å². The molecule has 0 heterocycles. The third-order valence-corrected chi connectivity index (χ3v) is 11.2. The van der Waals surface area contributed by atoms with E-state index in [9.17, 15) is 0 Å². The number of aryl methyl sites for hydroxylation is 6. The quantitative estimate of drug-likeness (QED) is 0.100. The molecule has 0 saturated carbocycles. The van der Waals surface area contributed by atoms with Gasteiger partial charge in [-0.05, 0) is 130 Å². The maximum Gasteiger partial charge on any atom is 0.0509 e. The lowest BCUT2D eigenvalue weighted by atomic mass is 9.82. The van der Waals surface area contributed by atoms with Crippen LogP contribution in [0.3, 0.4) is 0 Å². The van der Waals surface area contributed by atoms with Crippen molar-refractivity contribution in [2.24, 2.45) is 0 Å². The molecule has 0 bridgehead atoms. The second kappa shape index (κ2) is 16.1. The number of halogens is 1. The van der Waals surface area contributed by atoms with Crippen LogP contribution in [0.5, 0.6) is 0 Å². The summed E-state index contributed by atoms with van der Waals surface area (Å²) in [5.74, 6) is 0.0248. The molecule has 2 unspecified atom stereocenters. The van der Waals surface area contributed by atoms with Gasteiger partial charge >= 0.3 is 0 Å². The Kier molecular flexibility index (Phi) is 11.5. The van der Waals surface area contributed by atoms with E-state index in [4.69, 9.17) is 11.6 Å². The summed E-state index contributed by atoms with van der Waals surface area (Å²) in [7, 11) is 4.35. The highest BCUT2D eigenvalue weighted by atomic mass is 35.5. The van der Waals surface area contributed by atoms with Crippen molar-refractivity contribution in [3.05, 3.63) is 159 Å². The number of hydrogen-bond acceptors (Lipinski definition) is 3. The van der Waals surface area contributed by atoms with Crippen molar-refractivity contribution >= 4 is 50.8 Å². The van der Waals surface area contributed by atoms with Crippen LogP contribution in [0.1, 0.15) is 82.7 Å². The second-order valence-electron chi connectivity index (χ2n) is 15.2. The van der Waals surface area contributed by atoms with Crippen molar-refractivity contribution in [2.45, 2.75) is 85.6 Å². The predicted octanol–water partition coefficient (Wildman–Crippen LogP) is 13.6. The molecule has 0 aliphatic rings. The highest BCUT2D eigenvalue weighted by Gasteiger charge is 2.23. The van der Waals surface area contributed by atoms with Crippen molar-refractivity contribution in [1.29, 1.82) is 0 Å². The predicted molar refractivity (Wildman–Crippen MR) is 233 cm³/mol. The molecule has 3 nitrogen and oxygen atoms in total. The number of benzene rings is 6. The summed E-state index contributed by atoms with van der Waals surface area (Å²) in [5, 5.41) is 6.31. The van der Waals surface area contributed by atoms with Crippen LogP contribution >= 0.6 is 11.6 Å². The highest BCUT2D eigenvalue weighted by molar-refractivity contribution is 6.21. The van der Waals surface area contributed by atoms with Gasteiger partial charge in [0.05, 0.1) is 5.38 Å². The number of hydrogen-bond donors (Lipinski definition) is 1. The molecule has 0 radical (unpaired) electrons. The SMILES string of the molecule is CCCC(Nc1ccc(C(c2ccc(N(C)c3c(C)cc(C)cc3C)cc2)c2ccc(N(C)c3c(C)cc(C)cc3C)cc2)c2ccccc12)C(C)Cl. The van der Waals surface area contributed by atoms with Gasteiger partial charge in [-0.3, -0.25) is 0 Å². The van der Waals surface area contributed by atoms with Gasteiger partial charge in [-0.2, -0.15) is 0 Å². The van der Waals surface area contributed by atoms with Crippen molar-refractivity contribution in [3.8, 4) is 0 Å². The van der Waals surface area contributed by atoms with E-state index in [1.165, 1.54) is 83.6 Å². The normalized spacial score (nSPS) is 12.6. The number of fused-ring (bicyclic) bond motifs is 1. The van der Waals surface area contributed by atoms with Gasteiger partial charge in [0, 0.05) is 59.9 Å². The summed E-state index contributed by atoms with van der Waals surface area (Å²) in [6.45, 7) is 17.5. The molecule has 0 spiro atoms. The summed E-state index contributed by atoms with van der Waals surface area (Å²) in [6.07, 6.45) is 2.10. The molecule has 0 aromatic heterocycles. The molecule has 2 atom stereocenters. The molecule has 0 aliphatic carbocycles. The van der Waals surface area contributed by atoms with Gasteiger partial charge < -0.3 is 15.1 Å². The van der Waals surface area contributed by atoms with E-state index in [0.717, 1.165) is 18.5 Å². The summed E-state index contributed by atoms with van der Waals surface area (Å²) in [6, 6.07) is 41.1. The van der Waals surface area contributed by atoms with Crippen LogP contribution in [-0.2, 0) is 0 Å². The van der Waals surface area contributed by atoms with Crippen molar-refractivity contribution in [3.63, 3.8) is 0 Å². The third-order valence-electron chi connectivity index (χ3n) is 10.9. The lowest BCUT2D eigenvalue weighted by Gasteiger charge is -2.27. The van der Waals surface area contributed by atoms with Crippen LogP contribution in [0.4, 0.5) is 28.4 Å². The van der Waals surface area contributed by atoms with Gasteiger partial charge in [-0.1, -0.05) is 103 Å². The first kappa shape index (κ1) is 38.0. The van der Waals surface area contributed by atoms with Gasteiger partial charge in [-0.15, -0.1) is 11.6 Å². The fourth-order valence-corrected chi connectivity index (χ4v) is 8.81. The summed E-state index contributed by atoms with van der Waals surface area (Å²) < 4.78 is 0. The van der Waals surface area contributed by atoms with Crippen LogP contribution in [0, 0.1) is 41.5 Å². The molecular weight excluding hydrogens is 666 g/mol. The van der Waals surface area contributed by atoms with Crippen molar-refractivity contribution in [2.75, 3.05) is 29.2 Å². The molecule has 0 amide bonds. The number of alkyl halides is 1. The Morgan fingerprint density at radius 1 is 0.585 bits per heavy atom. The first-order valence-corrected chi connectivity index (χ1v) is 19.6. The molecule has 274 valence electrons. The van der Waals surface area contributed by atoms with Crippen LogP contribution in [0.2, 0.25) is 0 Å².